The molecule has 0 bridgehead atoms. The maximum atomic E-state index is 11.4. The van der Waals surface area contributed by atoms with E-state index >= 15 is 0 Å². The lowest BCUT2D eigenvalue weighted by atomic mass is 9.96. The average Bonchev–Trinajstić information content (AvgIpc) is 2.55. The summed E-state index contributed by atoms with van der Waals surface area (Å²) in [7, 11) is 0. The van der Waals surface area contributed by atoms with E-state index in [2.05, 4.69) is 10.2 Å². The molecule has 2 atom stereocenters. The first-order valence-corrected chi connectivity index (χ1v) is 9.71. The van der Waals surface area contributed by atoms with E-state index in [0.29, 0.717) is 8.86 Å². The predicted octanol–water partition coefficient (Wildman–Crippen LogP) is 3.57. The van der Waals surface area contributed by atoms with Gasteiger partial charge in [-0.2, -0.15) is 20.8 Å². The Bertz CT molecular complexity index is 478. The van der Waals surface area contributed by atoms with E-state index in [-0.39, 0.29) is 37.2 Å². The van der Waals surface area contributed by atoms with Gasteiger partial charge in [0.2, 0.25) is 0 Å². The quantitative estimate of drug-likeness (QED) is 0.246. The van der Waals surface area contributed by atoms with Crippen molar-refractivity contribution in [1.82, 2.24) is 0 Å². The Hall–Kier alpha value is -0.620. The second kappa shape index (κ2) is 10.2. The zero-order valence-electron chi connectivity index (χ0n) is 12.6. The summed E-state index contributed by atoms with van der Waals surface area (Å²) in [4.78, 5) is 22.7. The molecule has 0 aromatic rings. The molecular weight excluding hydrogens is 510 g/mol. The first kappa shape index (κ1) is 21.4. The smallest absolute Gasteiger partial charge is 0.165 e. The highest BCUT2D eigenvalue weighted by Gasteiger charge is 2.29. The van der Waals surface area contributed by atoms with Crippen molar-refractivity contribution < 1.29 is 9.59 Å². The van der Waals surface area contributed by atoms with Crippen molar-refractivity contribution in [2.24, 2.45) is 10.2 Å². The molecule has 0 radical (unpaired) electrons. The molecule has 2 unspecified atom stereocenters. The highest BCUT2D eigenvalue weighted by atomic mass is 127. The van der Waals surface area contributed by atoms with Gasteiger partial charge in [0, 0.05) is 12.8 Å². The molecule has 0 aliphatic carbocycles. The summed E-state index contributed by atoms with van der Waals surface area (Å²) in [6.45, 7) is 3.18. The van der Waals surface area contributed by atoms with Crippen LogP contribution >= 0.6 is 45.2 Å². The zero-order chi connectivity index (χ0) is 17.2. The van der Waals surface area contributed by atoms with E-state index in [1.54, 1.807) is 13.8 Å². The van der Waals surface area contributed by atoms with Crippen LogP contribution in [-0.4, -0.2) is 31.5 Å². The van der Waals surface area contributed by atoms with Crippen LogP contribution in [0.15, 0.2) is 10.2 Å². The minimum atomic E-state index is -1.13. The molecule has 0 aliphatic rings. The molecular formula is C14H18I2N4O2. The van der Waals surface area contributed by atoms with Gasteiger partial charge in [-0.15, -0.1) is 0 Å². The van der Waals surface area contributed by atoms with Crippen LogP contribution in [0.4, 0.5) is 0 Å². The Morgan fingerprint density at radius 3 is 1.45 bits per heavy atom. The van der Waals surface area contributed by atoms with Crippen molar-refractivity contribution in [2.45, 2.75) is 50.6 Å². The van der Waals surface area contributed by atoms with E-state index in [9.17, 15) is 20.1 Å². The number of Topliss-reactive ketones (excluding diaryl/α,β-unsaturated/α-hetero) is 2. The number of carbonyl (C=O) groups excluding carboxylic acids is 2. The van der Waals surface area contributed by atoms with Gasteiger partial charge in [0.25, 0.3) is 0 Å². The zero-order valence-corrected chi connectivity index (χ0v) is 16.9. The molecule has 120 valence electrons. The van der Waals surface area contributed by atoms with Gasteiger partial charge in [-0.25, -0.2) is 0 Å². The number of nitrogens with zero attached hydrogens (tertiary/aromatic N) is 4. The van der Waals surface area contributed by atoms with Crippen molar-refractivity contribution in [2.75, 3.05) is 8.86 Å². The molecule has 0 saturated carbocycles. The van der Waals surface area contributed by atoms with Gasteiger partial charge >= 0.3 is 0 Å². The third kappa shape index (κ3) is 8.13. The van der Waals surface area contributed by atoms with Gasteiger partial charge in [-0.3, -0.25) is 9.59 Å². The Labute approximate surface area is 158 Å². The minimum absolute atomic E-state index is 0.0490. The number of halogens is 2. The van der Waals surface area contributed by atoms with Crippen molar-refractivity contribution in [1.29, 1.82) is 10.5 Å². The summed E-state index contributed by atoms with van der Waals surface area (Å²) in [6, 6.07) is 4.08. The molecule has 0 rings (SSSR count). The largest absolute Gasteiger partial charge is 0.299 e. The average molecular weight is 528 g/mol. The molecule has 0 aromatic carbocycles. The standard InChI is InChI=1S/C14H18I2N4O2/c1-13(9-17,5-3-11(21)7-15)19-20-14(2,10-18)6-4-12(22)8-16/h3-8H2,1-2H3. The molecule has 0 heterocycles. The van der Waals surface area contributed by atoms with Crippen molar-refractivity contribution in [3.05, 3.63) is 0 Å². The lowest BCUT2D eigenvalue weighted by Crippen LogP contribution is -2.25. The number of nitriles is 2. The molecule has 6 nitrogen and oxygen atoms in total. The normalized spacial score (nSPS) is 16.3. The van der Waals surface area contributed by atoms with Crippen LogP contribution in [0.3, 0.4) is 0 Å². The lowest BCUT2D eigenvalue weighted by molar-refractivity contribution is -0.117. The molecule has 0 N–H and O–H groups in total. The number of carbonyl (C=O) groups is 2. The van der Waals surface area contributed by atoms with Crippen LogP contribution in [0.2, 0.25) is 0 Å². The van der Waals surface area contributed by atoms with E-state index < -0.39 is 11.1 Å². The van der Waals surface area contributed by atoms with E-state index in [0.717, 1.165) is 0 Å². The van der Waals surface area contributed by atoms with Gasteiger partial charge < -0.3 is 0 Å². The summed E-state index contributed by atoms with van der Waals surface area (Å²) in [6.07, 6.45) is 1.04. The van der Waals surface area contributed by atoms with Crippen molar-refractivity contribution in [3.8, 4) is 12.1 Å². The Balaban J connectivity index is 4.91. The Morgan fingerprint density at radius 1 is 0.909 bits per heavy atom. The van der Waals surface area contributed by atoms with Gasteiger partial charge in [0.05, 0.1) is 21.0 Å². The molecule has 0 fully saturated rings. The van der Waals surface area contributed by atoms with E-state index in [1.165, 1.54) is 0 Å². The molecule has 0 spiro atoms. The van der Waals surface area contributed by atoms with Gasteiger partial charge in [0.1, 0.15) is 11.6 Å². The Kier molecular flexibility index (Phi) is 9.92. The number of azo groups is 1. The number of alkyl halides is 2. The summed E-state index contributed by atoms with van der Waals surface area (Å²) < 4.78 is 0.787. The SMILES string of the molecule is CC(C#N)(CCC(=O)CI)N=NC(C)(C#N)CCC(=O)CI. The second-order valence-electron chi connectivity index (χ2n) is 5.32. The fourth-order valence-electron chi connectivity index (χ4n) is 1.38. The van der Waals surface area contributed by atoms with Crippen LogP contribution in [0, 0.1) is 22.7 Å². The van der Waals surface area contributed by atoms with Gasteiger partial charge in [-0.05, 0) is 26.7 Å². The fraction of sp³-hybridized carbons (Fsp3) is 0.714. The van der Waals surface area contributed by atoms with Gasteiger partial charge in [-0.1, -0.05) is 45.2 Å². The highest BCUT2D eigenvalue weighted by molar-refractivity contribution is 14.1. The topological polar surface area (TPSA) is 106 Å². The molecule has 0 aromatic heterocycles. The third-order valence-electron chi connectivity index (χ3n) is 3.05. The van der Waals surface area contributed by atoms with Crippen LogP contribution in [0.25, 0.3) is 0 Å². The lowest BCUT2D eigenvalue weighted by Gasteiger charge is -2.19. The number of hydrogen-bond donors (Lipinski definition) is 0. The minimum Gasteiger partial charge on any atom is -0.299 e. The van der Waals surface area contributed by atoms with E-state index in [4.69, 9.17) is 0 Å². The number of rotatable bonds is 10. The molecule has 22 heavy (non-hydrogen) atoms. The van der Waals surface area contributed by atoms with Crippen LogP contribution in [0.1, 0.15) is 39.5 Å². The maximum absolute atomic E-state index is 11.4. The third-order valence-corrected chi connectivity index (χ3v) is 4.75. The molecule has 0 amide bonds. The highest BCUT2D eigenvalue weighted by Crippen LogP contribution is 2.23. The monoisotopic (exact) mass is 528 g/mol. The fourth-order valence-corrected chi connectivity index (χ4v) is 2.14. The summed E-state index contributed by atoms with van der Waals surface area (Å²) in [5, 5.41) is 26.5. The van der Waals surface area contributed by atoms with Crippen molar-refractivity contribution >= 4 is 56.7 Å². The van der Waals surface area contributed by atoms with Crippen LogP contribution in [-0.2, 0) is 9.59 Å². The van der Waals surface area contributed by atoms with Gasteiger partial charge in [0.15, 0.2) is 11.1 Å². The summed E-state index contributed by atoms with van der Waals surface area (Å²) >= 11 is 3.95. The van der Waals surface area contributed by atoms with Crippen LogP contribution < -0.4 is 0 Å². The molecule has 0 aliphatic heterocycles. The first-order chi connectivity index (χ1) is 10.2. The van der Waals surface area contributed by atoms with Crippen LogP contribution in [0.5, 0.6) is 0 Å². The van der Waals surface area contributed by atoms with Crippen molar-refractivity contribution in [3.63, 3.8) is 0 Å². The Morgan fingerprint density at radius 2 is 1.23 bits per heavy atom. The summed E-state index contributed by atoms with van der Waals surface area (Å²) in [5.74, 6) is 0.0981. The maximum Gasteiger partial charge on any atom is 0.165 e. The molecule has 8 heteroatoms. The second-order valence-corrected chi connectivity index (χ2v) is 6.84. The number of hydrogen-bond acceptors (Lipinski definition) is 6. The van der Waals surface area contributed by atoms with E-state index in [1.807, 2.05) is 57.3 Å². The first-order valence-electron chi connectivity index (χ1n) is 6.66. The summed E-state index contributed by atoms with van der Waals surface area (Å²) in [5.41, 5.74) is -2.26. The number of ketones is 2. The predicted molar refractivity (Wildman–Crippen MR) is 99.1 cm³/mol. The molecule has 0 saturated heterocycles.